The molecule has 0 spiro atoms. The molecule has 0 aliphatic heterocycles. The predicted octanol–water partition coefficient (Wildman–Crippen LogP) is 2.29. The van der Waals surface area contributed by atoms with E-state index in [2.05, 4.69) is 5.32 Å². The van der Waals surface area contributed by atoms with Crippen LogP contribution in [0.5, 0.6) is 0 Å². The van der Waals surface area contributed by atoms with E-state index >= 15 is 0 Å². The summed E-state index contributed by atoms with van der Waals surface area (Å²) in [6.07, 6.45) is 0.838. The van der Waals surface area contributed by atoms with E-state index in [1.807, 2.05) is 30.3 Å². The minimum Gasteiger partial charge on any atom is -0.478 e. The molecule has 0 fully saturated rings. The van der Waals surface area contributed by atoms with Crippen molar-refractivity contribution < 1.29 is 14.7 Å². The van der Waals surface area contributed by atoms with Crippen LogP contribution in [0.1, 0.15) is 21.5 Å². The third kappa shape index (κ3) is 4.45. The average molecular weight is 283 g/mol. The minimum atomic E-state index is -1.01. The molecule has 2 rings (SSSR count). The van der Waals surface area contributed by atoms with Gasteiger partial charge in [0, 0.05) is 6.54 Å². The molecule has 0 aliphatic rings. The van der Waals surface area contributed by atoms with E-state index in [1.165, 1.54) is 6.07 Å². The second-order valence-electron chi connectivity index (χ2n) is 4.72. The van der Waals surface area contributed by atoms with Gasteiger partial charge in [0.15, 0.2) is 0 Å². The Bertz CT molecular complexity index is 623. The molecule has 4 nitrogen and oxygen atoms in total. The third-order valence-corrected chi connectivity index (χ3v) is 3.18. The normalized spacial score (nSPS) is 10.1. The standard InChI is InChI=1S/C17H17NO3/c19-16(18-11-10-13-6-2-1-3-7-13)12-14-8-4-5-9-15(14)17(20)21/h1-9H,10-12H2,(H,18,19)(H,20,21). The topological polar surface area (TPSA) is 66.4 Å². The van der Waals surface area contributed by atoms with E-state index < -0.39 is 5.97 Å². The minimum absolute atomic E-state index is 0.0806. The molecule has 0 bridgehead atoms. The number of carboxylic acids is 1. The molecule has 0 saturated heterocycles. The molecule has 0 heterocycles. The van der Waals surface area contributed by atoms with Crippen molar-refractivity contribution in [2.75, 3.05) is 6.54 Å². The van der Waals surface area contributed by atoms with Gasteiger partial charge in [-0.1, -0.05) is 48.5 Å². The summed E-state index contributed by atoms with van der Waals surface area (Å²) in [7, 11) is 0. The molecular formula is C17H17NO3. The van der Waals surface area contributed by atoms with Crippen LogP contribution in [0.2, 0.25) is 0 Å². The first kappa shape index (κ1) is 14.8. The van der Waals surface area contributed by atoms with E-state index in [-0.39, 0.29) is 17.9 Å². The Kier molecular flexibility index (Phi) is 5.10. The van der Waals surface area contributed by atoms with Crippen LogP contribution >= 0.6 is 0 Å². The van der Waals surface area contributed by atoms with Gasteiger partial charge in [-0.05, 0) is 23.6 Å². The first-order valence-electron chi connectivity index (χ1n) is 6.78. The Morgan fingerprint density at radius 2 is 1.62 bits per heavy atom. The lowest BCUT2D eigenvalue weighted by molar-refractivity contribution is -0.120. The van der Waals surface area contributed by atoms with Gasteiger partial charge in [0.2, 0.25) is 5.91 Å². The van der Waals surface area contributed by atoms with Gasteiger partial charge in [0.25, 0.3) is 0 Å². The number of nitrogens with one attached hydrogen (secondary N) is 1. The summed E-state index contributed by atoms with van der Waals surface area (Å²) in [6.45, 7) is 0.540. The number of benzene rings is 2. The van der Waals surface area contributed by atoms with E-state index in [4.69, 9.17) is 5.11 Å². The van der Waals surface area contributed by atoms with Crippen LogP contribution in [0.4, 0.5) is 0 Å². The molecule has 4 heteroatoms. The fourth-order valence-electron chi connectivity index (χ4n) is 2.11. The lowest BCUT2D eigenvalue weighted by atomic mass is 10.0. The largest absolute Gasteiger partial charge is 0.478 e. The van der Waals surface area contributed by atoms with Crippen LogP contribution in [0.3, 0.4) is 0 Å². The van der Waals surface area contributed by atoms with Crippen LogP contribution < -0.4 is 5.32 Å². The van der Waals surface area contributed by atoms with Crippen molar-refractivity contribution in [3.63, 3.8) is 0 Å². The second-order valence-corrected chi connectivity index (χ2v) is 4.72. The molecule has 21 heavy (non-hydrogen) atoms. The van der Waals surface area contributed by atoms with E-state index in [0.717, 1.165) is 12.0 Å². The highest BCUT2D eigenvalue weighted by molar-refractivity contribution is 5.91. The summed E-state index contributed by atoms with van der Waals surface area (Å²) >= 11 is 0. The molecule has 108 valence electrons. The Hall–Kier alpha value is -2.62. The van der Waals surface area contributed by atoms with Crippen LogP contribution in [0, 0.1) is 0 Å². The van der Waals surface area contributed by atoms with Gasteiger partial charge >= 0.3 is 5.97 Å². The molecule has 0 aromatic heterocycles. The van der Waals surface area contributed by atoms with Gasteiger partial charge in [-0.15, -0.1) is 0 Å². The number of carbonyl (C=O) groups is 2. The van der Waals surface area contributed by atoms with Crippen molar-refractivity contribution in [3.8, 4) is 0 Å². The zero-order valence-corrected chi connectivity index (χ0v) is 11.6. The predicted molar refractivity (Wildman–Crippen MR) is 80.3 cm³/mol. The maximum Gasteiger partial charge on any atom is 0.335 e. The van der Waals surface area contributed by atoms with Crippen LogP contribution in [-0.4, -0.2) is 23.5 Å². The Balaban J connectivity index is 1.86. The molecule has 0 unspecified atom stereocenters. The highest BCUT2D eigenvalue weighted by Gasteiger charge is 2.11. The molecule has 0 aliphatic carbocycles. The number of amides is 1. The molecule has 0 saturated carbocycles. The van der Waals surface area contributed by atoms with Crippen molar-refractivity contribution in [1.82, 2.24) is 5.32 Å². The first-order valence-corrected chi connectivity index (χ1v) is 6.78. The highest BCUT2D eigenvalue weighted by atomic mass is 16.4. The maximum absolute atomic E-state index is 11.9. The summed E-state index contributed by atoms with van der Waals surface area (Å²) in [5.41, 5.74) is 1.86. The summed E-state index contributed by atoms with van der Waals surface area (Å²) in [5, 5.41) is 11.9. The Labute approximate surface area is 123 Å². The van der Waals surface area contributed by atoms with E-state index in [0.29, 0.717) is 12.1 Å². The fourth-order valence-corrected chi connectivity index (χ4v) is 2.11. The Morgan fingerprint density at radius 3 is 2.33 bits per heavy atom. The van der Waals surface area contributed by atoms with Gasteiger partial charge in [-0.25, -0.2) is 4.79 Å². The third-order valence-electron chi connectivity index (χ3n) is 3.18. The molecule has 0 radical (unpaired) electrons. The molecule has 2 N–H and O–H groups in total. The van der Waals surface area contributed by atoms with Crippen molar-refractivity contribution in [2.24, 2.45) is 0 Å². The monoisotopic (exact) mass is 283 g/mol. The lowest BCUT2D eigenvalue weighted by Crippen LogP contribution is -2.27. The summed E-state index contributed by atoms with van der Waals surface area (Å²) in [5.74, 6) is -1.18. The molecule has 2 aromatic carbocycles. The average Bonchev–Trinajstić information content (AvgIpc) is 2.48. The van der Waals surface area contributed by atoms with E-state index in [9.17, 15) is 9.59 Å². The molecule has 1 amide bonds. The maximum atomic E-state index is 11.9. The number of aromatic carboxylic acids is 1. The molecule has 2 aromatic rings. The SMILES string of the molecule is O=C(Cc1ccccc1C(=O)O)NCCc1ccccc1. The first-order chi connectivity index (χ1) is 10.2. The quantitative estimate of drug-likeness (QED) is 0.854. The highest BCUT2D eigenvalue weighted by Crippen LogP contribution is 2.09. The zero-order chi connectivity index (χ0) is 15.1. The van der Waals surface area contributed by atoms with Crippen molar-refractivity contribution in [2.45, 2.75) is 12.8 Å². The number of carboxylic acid groups (broad SMARTS) is 1. The van der Waals surface area contributed by atoms with Gasteiger partial charge in [0.1, 0.15) is 0 Å². The van der Waals surface area contributed by atoms with Gasteiger partial charge in [-0.2, -0.15) is 0 Å². The van der Waals surface area contributed by atoms with Gasteiger partial charge in [-0.3, -0.25) is 4.79 Å². The van der Waals surface area contributed by atoms with Crippen molar-refractivity contribution in [1.29, 1.82) is 0 Å². The van der Waals surface area contributed by atoms with E-state index in [1.54, 1.807) is 18.2 Å². The van der Waals surface area contributed by atoms with Gasteiger partial charge in [0.05, 0.1) is 12.0 Å². The summed E-state index contributed by atoms with van der Waals surface area (Å²) < 4.78 is 0. The zero-order valence-electron chi connectivity index (χ0n) is 11.6. The number of rotatable bonds is 6. The second kappa shape index (κ2) is 7.24. The van der Waals surface area contributed by atoms with Gasteiger partial charge < -0.3 is 10.4 Å². The number of carbonyl (C=O) groups excluding carboxylic acids is 1. The number of hydrogen-bond acceptors (Lipinski definition) is 2. The van der Waals surface area contributed by atoms with Crippen LogP contribution in [-0.2, 0) is 17.6 Å². The fraction of sp³-hybridized carbons (Fsp3) is 0.176. The number of hydrogen-bond donors (Lipinski definition) is 2. The van der Waals surface area contributed by atoms with Crippen LogP contribution in [0.25, 0.3) is 0 Å². The molecular weight excluding hydrogens is 266 g/mol. The van der Waals surface area contributed by atoms with Crippen molar-refractivity contribution in [3.05, 3.63) is 71.3 Å². The van der Waals surface area contributed by atoms with Crippen molar-refractivity contribution >= 4 is 11.9 Å². The summed E-state index contributed by atoms with van der Waals surface area (Å²) in [4.78, 5) is 22.9. The lowest BCUT2D eigenvalue weighted by Gasteiger charge is -2.07. The smallest absolute Gasteiger partial charge is 0.335 e. The molecule has 0 atom stereocenters. The summed E-state index contributed by atoms with van der Waals surface area (Å²) in [6, 6.07) is 16.4. The Morgan fingerprint density at radius 1 is 0.952 bits per heavy atom. The van der Waals surface area contributed by atoms with Crippen LogP contribution in [0.15, 0.2) is 54.6 Å².